The summed E-state index contributed by atoms with van der Waals surface area (Å²) in [6.07, 6.45) is 7.32. The molecule has 0 heterocycles. The third kappa shape index (κ3) is 3.85. The quantitative estimate of drug-likeness (QED) is 0.435. The molecule has 1 heteroatoms. The van der Waals surface area contributed by atoms with E-state index in [4.69, 9.17) is 0 Å². The van der Waals surface area contributed by atoms with E-state index in [0.717, 1.165) is 0 Å². The van der Waals surface area contributed by atoms with E-state index in [9.17, 15) is 0 Å². The van der Waals surface area contributed by atoms with Gasteiger partial charge in [0.1, 0.15) is 0 Å². The van der Waals surface area contributed by atoms with Crippen LogP contribution in [-0.4, -0.2) is 8.07 Å². The first-order chi connectivity index (χ1) is 5.08. The summed E-state index contributed by atoms with van der Waals surface area (Å²) >= 11 is 0. The largest absolute Gasteiger partial charge is 0.0982 e. The normalized spacial score (nSPS) is 20.5. The maximum atomic E-state index is 2.48. The summed E-state index contributed by atoms with van der Waals surface area (Å²) in [5.74, 6) is 1.88. The molecule has 0 nitrogen and oxygen atoms in total. The highest BCUT2D eigenvalue weighted by Crippen LogP contribution is 2.32. The molecule has 1 aliphatic carbocycles. The maximum absolute atomic E-state index is 2.48. The molecule has 0 amide bonds. The molecule has 0 radical (unpaired) electrons. The third-order valence-corrected chi connectivity index (χ3v) is 3.90. The molecule has 0 atom stereocenters. The van der Waals surface area contributed by atoms with Gasteiger partial charge in [-0.3, -0.25) is 0 Å². The van der Waals surface area contributed by atoms with Crippen LogP contribution >= 0.6 is 0 Å². The molecule has 0 bridgehead atoms. The van der Waals surface area contributed by atoms with Gasteiger partial charge >= 0.3 is 0 Å². The van der Waals surface area contributed by atoms with Gasteiger partial charge in [-0.1, -0.05) is 19.6 Å². The van der Waals surface area contributed by atoms with Crippen molar-refractivity contribution in [2.45, 2.75) is 57.8 Å². The second-order valence-corrected chi connectivity index (χ2v) is 10.5. The first-order valence-electron chi connectivity index (χ1n) is 4.91. The molecule has 1 fully saturated rings. The van der Waals surface area contributed by atoms with E-state index < -0.39 is 8.07 Å². The van der Waals surface area contributed by atoms with Gasteiger partial charge in [-0.2, -0.15) is 0 Å². The molecule has 1 aliphatic rings. The monoisotopic (exact) mass is 169 g/mol. The molecule has 0 aromatic heterocycles. The Morgan fingerprint density at radius 1 is 1.00 bits per heavy atom. The SMILES string of the molecule is C[Si](C)(C)C[C+]1CCCCC1. The summed E-state index contributed by atoms with van der Waals surface area (Å²) in [6, 6.07) is 1.49. The molecule has 0 aromatic rings. The summed E-state index contributed by atoms with van der Waals surface area (Å²) < 4.78 is 0. The van der Waals surface area contributed by atoms with Gasteiger partial charge in [-0.15, -0.1) is 0 Å². The van der Waals surface area contributed by atoms with Gasteiger partial charge in [-0.25, -0.2) is 0 Å². The van der Waals surface area contributed by atoms with Crippen LogP contribution in [0.2, 0.25) is 25.7 Å². The molecule has 0 unspecified atom stereocenters. The minimum atomic E-state index is -0.782. The highest BCUT2D eigenvalue weighted by molar-refractivity contribution is 6.76. The lowest BCUT2D eigenvalue weighted by Crippen LogP contribution is -2.23. The zero-order valence-corrected chi connectivity index (χ0v) is 9.24. The van der Waals surface area contributed by atoms with Crippen LogP contribution in [-0.2, 0) is 0 Å². The van der Waals surface area contributed by atoms with Gasteiger partial charge in [0.25, 0.3) is 0 Å². The molecule has 0 aromatic carbocycles. The van der Waals surface area contributed by atoms with Crippen LogP contribution < -0.4 is 0 Å². The van der Waals surface area contributed by atoms with Gasteiger partial charge in [0.15, 0.2) is 0 Å². The zero-order chi connectivity index (χ0) is 8.32. The first kappa shape index (κ1) is 9.18. The van der Waals surface area contributed by atoms with E-state index in [2.05, 4.69) is 19.6 Å². The summed E-state index contributed by atoms with van der Waals surface area (Å²) in [6.45, 7) is 7.44. The minimum Gasteiger partial charge on any atom is -0.0657 e. The fraction of sp³-hybridized carbons (Fsp3) is 0.900. The van der Waals surface area contributed by atoms with Gasteiger partial charge in [0, 0.05) is 0 Å². The number of hydrogen-bond donors (Lipinski definition) is 0. The fourth-order valence-corrected chi connectivity index (χ4v) is 3.83. The molecular weight excluding hydrogens is 148 g/mol. The Morgan fingerprint density at radius 3 is 2.00 bits per heavy atom. The van der Waals surface area contributed by atoms with Gasteiger partial charge < -0.3 is 0 Å². The van der Waals surface area contributed by atoms with Gasteiger partial charge in [0.05, 0.1) is 32.9 Å². The van der Waals surface area contributed by atoms with Crippen LogP contribution in [0.15, 0.2) is 0 Å². The zero-order valence-electron chi connectivity index (χ0n) is 8.24. The van der Waals surface area contributed by atoms with Crippen molar-refractivity contribution in [2.24, 2.45) is 0 Å². The summed E-state index contributed by atoms with van der Waals surface area (Å²) in [4.78, 5) is 0. The topological polar surface area (TPSA) is 0 Å². The van der Waals surface area contributed by atoms with E-state index in [1.54, 1.807) is 0 Å². The molecule has 11 heavy (non-hydrogen) atoms. The van der Waals surface area contributed by atoms with E-state index in [-0.39, 0.29) is 0 Å². The van der Waals surface area contributed by atoms with Crippen molar-refractivity contribution < 1.29 is 0 Å². The van der Waals surface area contributed by atoms with Gasteiger partial charge in [0.2, 0.25) is 0 Å². The fourth-order valence-electron chi connectivity index (χ4n) is 1.98. The molecule has 1 saturated carbocycles. The van der Waals surface area contributed by atoms with E-state index >= 15 is 0 Å². The van der Waals surface area contributed by atoms with E-state index in [0.29, 0.717) is 0 Å². The van der Waals surface area contributed by atoms with E-state index in [1.807, 2.05) is 5.92 Å². The van der Waals surface area contributed by atoms with Gasteiger partial charge in [-0.05, 0) is 19.3 Å². The van der Waals surface area contributed by atoms with Crippen molar-refractivity contribution in [3.05, 3.63) is 5.92 Å². The first-order valence-corrected chi connectivity index (χ1v) is 8.62. The van der Waals surface area contributed by atoms with Crippen LogP contribution in [0.25, 0.3) is 0 Å². The second-order valence-electron chi connectivity index (χ2n) is 5.05. The van der Waals surface area contributed by atoms with Crippen molar-refractivity contribution in [2.75, 3.05) is 0 Å². The molecule has 0 saturated heterocycles. The van der Waals surface area contributed by atoms with Crippen molar-refractivity contribution in [3.8, 4) is 0 Å². The van der Waals surface area contributed by atoms with Crippen molar-refractivity contribution in [3.63, 3.8) is 0 Å². The Hall–Kier alpha value is 0.0869. The Kier molecular flexibility index (Phi) is 3.05. The number of hydrogen-bond acceptors (Lipinski definition) is 0. The van der Waals surface area contributed by atoms with Crippen LogP contribution in [0.1, 0.15) is 32.1 Å². The Labute approximate surface area is 72.4 Å². The molecule has 0 spiro atoms. The third-order valence-electron chi connectivity index (χ3n) is 2.34. The smallest absolute Gasteiger partial charge is 0.0657 e. The van der Waals surface area contributed by atoms with Crippen molar-refractivity contribution in [1.29, 1.82) is 0 Å². The maximum Gasteiger partial charge on any atom is 0.0982 e. The lowest BCUT2D eigenvalue weighted by atomic mass is 9.91. The van der Waals surface area contributed by atoms with Crippen LogP contribution in [0.3, 0.4) is 0 Å². The number of rotatable bonds is 2. The second kappa shape index (κ2) is 3.66. The predicted octanol–water partition coefficient (Wildman–Crippen LogP) is 3.86. The summed E-state index contributed by atoms with van der Waals surface area (Å²) in [5, 5.41) is 0. The van der Waals surface area contributed by atoms with Crippen LogP contribution in [0, 0.1) is 5.92 Å². The molecule has 0 aliphatic heterocycles. The molecular formula is C10H21Si+. The summed E-state index contributed by atoms with van der Waals surface area (Å²) in [7, 11) is -0.782. The summed E-state index contributed by atoms with van der Waals surface area (Å²) in [5.41, 5.74) is 0. The van der Waals surface area contributed by atoms with Crippen molar-refractivity contribution >= 4 is 8.07 Å². The van der Waals surface area contributed by atoms with Crippen LogP contribution in [0.5, 0.6) is 0 Å². The average molecular weight is 169 g/mol. The lowest BCUT2D eigenvalue weighted by molar-refractivity contribution is 0.536. The Bertz CT molecular complexity index is 107. The molecule has 1 rings (SSSR count). The molecule has 64 valence electrons. The predicted molar refractivity (Wildman–Crippen MR) is 54.5 cm³/mol. The molecule has 0 N–H and O–H groups in total. The van der Waals surface area contributed by atoms with E-state index in [1.165, 1.54) is 38.1 Å². The lowest BCUT2D eigenvalue weighted by Gasteiger charge is -2.18. The highest BCUT2D eigenvalue weighted by Gasteiger charge is 2.30. The Balaban J connectivity index is 2.24. The van der Waals surface area contributed by atoms with Crippen LogP contribution in [0.4, 0.5) is 0 Å². The minimum absolute atomic E-state index is 0.782. The Morgan fingerprint density at radius 2 is 1.55 bits per heavy atom. The standard InChI is InChI=1S/C10H21Si/c1-11(2,3)9-10-7-5-4-6-8-10/h4-9H2,1-3H3/q+1. The van der Waals surface area contributed by atoms with Crippen molar-refractivity contribution in [1.82, 2.24) is 0 Å². The average Bonchev–Trinajstić information content (AvgIpc) is 1.85. The highest BCUT2D eigenvalue weighted by atomic mass is 28.3.